The molecule has 0 saturated carbocycles. The molecule has 0 fully saturated rings. The van der Waals surface area contributed by atoms with Gasteiger partial charge in [-0.05, 0) is 55.9 Å². The lowest BCUT2D eigenvalue weighted by molar-refractivity contribution is 0.651. The molecule has 1 aromatic carbocycles. The molecule has 25 heavy (non-hydrogen) atoms. The first-order valence-electron chi connectivity index (χ1n) is 9.32. The minimum absolute atomic E-state index is 0.529. The van der Waals surface area contributed by atoms with Gasteiger partial charge in [-0.2, -0.15) is 0 Å². The molecule has 136 valence electrons. The van der Waals surface area contributed by atoms with Gasteiger partial charge in [-0.25, -0.2) is 0 Å². The van der Waals surface area contributed by atoms with Crippen molar-refractivity contribution in [2.24, 2.45) is 5.92 Å². The smallest absolute Gasteiger partial charge is 0.0375 e. The van der Waals surface area contributed by atoms with E-state index in [-0.39, 0.29) is 0 Å². The number of unbranched alkanes of at least 4 members (excludes halogenated alkanes) is 1. The van der Waals surface area contributed by atoms with Gasteiger partial charge in [0.1, 0.15) is 0 Å². The SMILES string of the molecule is C#Cc1ccccc1/C=C(NC)/C(=C\C)C(C)CC.C/C=C\CCC. The second kappa shape index (κ2) is 14.2. The van der Waals surface area contributed by atoms with E-state index in [1.54, 1.807) is 0 Å². The highest BCUT2D eigenvalue weighted by Gasteiger charge is 2.10. The maximum Gasteiger partial charge on any atom is 0.0375 e. The molecule has 1 unspecified atom stereocenters. The Hall–Kier alpha value is -2.20. The fourth-order valence-electron chi connectivity index (χ4n) is 2.47. The van der Waals surface area contributed by atoms with E-state index in [1.165, 1.54) is 18.4 Å². The van der Waals surface area contributed by atoms with Crippen molar-refractivity contribution < 1.29 is 0 Å². The van der Waals surface area contributed by atoms with Crippen LogP contribution in [0.1, 0.15) is 65.0 Å². The van der Waals surface area contributed by atoms with E-state index in [9.17, 15) is 0 Å². The second-order valence-corrected chi connectivity index (χ2v) is 5.95. The van der Waals surface area contributed by atoms with Crippen molar-refractivity contribution in [2.75, 3.05) is 7.05 Å². The zero-order valence-corrected chi connectivity index (χ0v) is 16.9. The quantitative estimate of drug-likeness (QED) is 0.336. The maximum atomic E-state index is 5.55. The molecule has 0 aromatic heterocycles. The monoisotopic (exact) mass is 337 g/mol. The van der Waals surface area contributed by atoms with Gasteiger partial charge in [0.15, 0.2) is 0 Å². The van der Waals surface area contributed by atoms with E-state index in [2.05, 4.69) is 76.2 Å². The Labute approximate surface area is 155 Å². The van der Waals surface area contributed by atoms with Crippen molar-refractivity contribution in [3.63, 3.8) is 0 Å². The first kappa shape index (κ1) is 22.8. The molecule has 0 radical (unpaired) electrons. The predicted octanol–water partition coefficient (Wildman–Crippen LogP) is 6.58. The highest BCUT2D eigenvalue weighted by Crippen LogP contribution is 2.23. The van der Waals surface area contributed by atoms with Crippen LogP contribution >= 0.6 is 0 Å². The summed E-state index contributed by atoms with van der Waals surface area (Å²) >= 11 is 0. The zero-order chi connectivity index (χ0) is 19.1. The summed E-state index contributed by atoms with van der Waals surface area (Å²) in [5, 5.41) is 3.29. The van der Waals surface area contributed by atoms with E-state index in [0.717, 1.165) is 23.2 Å². The summed E-state index contributed by atoms with van der Waals surface area (Å²) in [6.07, 6.45) is 17.7. The molecule has 0 aliphatic carbocycles. The first-order valence-corrected chi connectivity index (χ1v) is 9.32. The number of nitrogens with one attached hydrogen (secondary N) is 1. The van der Waals surface area contributed by atoms with Gasteiger partial charge in [-0.15, -0.1) is 6.42 Å². The Kier molecular flexibility index (Phi) is 12.9. The zero-order valence-electron chi connectivity index (χ0n) is 16.9. The van der Waals surface area contributed by atoms with Crippen LogP contribution in [0.4, 0.5) is 0 Å². The van der Waals surface area contributed by atoms with Gasteiger partial charge in [-0.1, -0.05) is 69.5 Å². The van der Waals surface area contributed by atoms with Crippen LogP contribution in [0.3, 0.4) is 0 Å². The maximum absolute atomic E-state index is 5.55. The summed E-state index contributed by atoms with van der Waals surface area (Å²) in [4.78, 5) is 0. The molecular weight excluding hydrogens is 302 g/mol. The van der Waals surface area contributed by atoms with E-state index in [0.29, 0.717) is 5.92 Å². The van der Waals surface area contributed by atoms with Crippen molar-refractivity contribution in [3.05, 3.63) is 64.9 Å². The third kappa shape index (κ3) is 8.45. The molecule has 0 aliphatic heterocycles. The van der Waals surface area contributed by atoms with Crippen molar-refractivity contribution in [3.8, 4) is 12.3 Å². The summed E-state index contributed by atoms with van der Waals surface area (Å²) in [5.41, 5.74) is 4.48. The lowest BCUT2D eigenvalue weighted by Crippen LogP contribution is -2.13. The molecule has 1 N–H and O–H groups in total. The van der Waals surface area contributed by atoms with Crippen LogP contribution < -0.4 is 5.32 Å². The van der Waals surface area contributed by atoms with Crippen LogP contribution in [0, 0.1) is 18.3 Å². The lowest BCUT2D eigenvalue weighted by Gasteiger charge is -2.18. The number of terminal acetylenes is 1. The minimum Gasteiger partial charge on any atom is -0.388 e. The molecule has 0 aliphatic rings. The van der Waals surface area contributed by atoms with Crippen LogP contribution in [-0.4, -0.2) is 7.05 Å². The van der Waals surface area contributed by atoms with Crippen LogP contribution in [0.15, 0.2) is 53.8 Å². The molecule has 1 heteroatoms. The second-order valence-electron chi connectivity index (χ2n) is 5.95. The molecule has 1 atom stereocenters. The highest BCUT2D eigenvalue weighted by atomic mass is 14.8. The standard InChI is InChI=1S/C18H23N.C6H12/c1-6-14(4)17(8-3)18(19-5)13-16-12-10-9-11-15(16)7-2;1-3-5-6-4-2/h2,8-14,19H,6H2,1,3-5H3;3,5H,4,6H2,1-2H3/b17-8-,18-13-;5-3-. The Morgan fingerprint density at radius 1 is 1.24 bits per heavy atom. The summed E-state index contributed by atoms with van der Waals surface area (Å²) in [5.74, 6) is 3.26. The summed E-state index contributed by atoms with van der Waals surface area (Å²) in [6, 6.07) is 8.00. The molecule has 0 heterocycles. The Bertz CT molecular complexity index is 611. The fraction of sp³-hybridized carbons (Fsp3) is 0.417. The lowest BCUT2D eigenvalue weighted by atomic mass is 9.93. The average Bonchev–Trinajstić information content (AvgIpc) is 2.66. The Morgan fingerprint density at radius 2 is 1.92 bits per heavy atom. The molecule has 1 rings (SSSR count). The molecule has 0 saturated heterocycles. The number of hydrogen-bond donors (Lipinski definition) is 1. The van der Waals surface area contributed by atoms with Crippen LogP contribution in [0.2, 0.25) is 0 Å². The van der Waals surface area contributed by atoms with Gasteiger partial charge in [0.2, 0.25) is 0 Å². The highest BCUT2D eigenvalue weighted by molar-refractivity contribution is 5.64. The molecule has 0 amide bonds. The van der Waals surface area contributed by atoms with Gasteiger partial charge in [0, 0.05) is 18.3 Å². The van der Waals surface area contributed by atoms with E-state index < -0.39 is 0 Å². The summed E-state index contributed by atoms with van der Waals surface area (Å²) in [6.45, 7) is 10.8. The molecular formula is C24H35N. The van der Waals surface area contributed by atoms with E-state index in [1.807, 2.05) is 25.2 Å². The largest absolute Gasteiger partial charge is 0.388 e. The van der Waals surface area contributed by atoms with Gasteiger partial charge < -0.3 is 5.32 Å². The molecule has 0 bridgehead atoms. The van der Waals surface area contributed by atoms with Crippen LogP contribution in [0.25, 0.3) is 6.08 Å². The van der Waals surface area contributed by atoms with Gasteiger partial charge in [-0.3, -0.25) is 0 Å². The van der Waals surface area contributed by atoms with Gasteiger partial charge >= 0.3 is 0 Å². The van der Waals surface area contributed by atoms with Crippen molar-refractivity contribution in [2.45, 2.75) is 53.9 Å². The van der Waals surface area contributed by atoms with Gasteiger partial charge in [0.25, 0.3) is 0 Å². The third-order valence-corrected chi connectivity index (χ3v) is 4.14. The van der Waals surface area contributed by atoms with Crippen LogP contribution in [-0.2, 0) is 0 Å². The number of benzene rings is 1. The van der Waals surface area contributed by atoms with E-state index in [4.69, 9.17) is 6.42 Å². The number of allylic oxidation sites excluding steroid dienone is 4. The number of rotatable bonds is 7. The summed E-state index contributed by atoms with van der Waals surface area (Å²) in [7, 11) is 1.95. The summed E-state index contributed by atoms with van der Waals surface area (Å²) < 4.78 is 0. The topological polar surface area (TPSA) is 12.0 Å². The molecule has 1 nitrogen and oxygen atoms in total. The predicted molar refractivity (Wildman–Crippen MR) is 114 cm³/mol. The normalized spacial score (nSPS) is 13.0. The fourth-order valence-corrected chi connectivity index (χ4v) is 2.47. The number of likely N-dealkylation sites (N-methyl/N-ethyl adjacent to an activating group) is 1. The third-order valence-electron chi connectivity index (χ3n) is 4.14. The van der Waals surface area contributed by atoms with E-state index >= 15 is 0 Å². The van der Waals surface area contributed by atoms with Crippen molar-refractivity contribution in [1.82, 2.24) is 5.32 Å². The Morgan fingerprint density at radius 3 is 2.36 bits per heavy atom. The average molecular weight is 338 g/mol. The Balaban J connectivity index is 0.000000823. The first-order chi connectivity index (χ1) is 12.1. The molecule has 1 aromatic rings. The molecule has 0 spiro atoms. The van der Waals surface area contributed by atoms with Crippen LogP contribution in [0.5, 0.6) is 0 Å². The van der Waals surface area contributed by atoms with Crippen molar-refractivity contribution in [1.29, 1.82) is 0 Å². The van der Waals surface area contributed by atoms with Crippen molar-refractivity contribution >= 4 is 6.08 Å². The number of hydrogen-bond acceptors (Lipinski definition) is 1. The minimum atomic E-state index is 0.529. The van der Waals surface area contributed by atoms with Gasteiger partial charge in [0.05, 0.1) is 0 Å².